The summed E-state index contributed by atoms with van der Waals surface area (Å²) in [5.41, 5.74) is 0.131. The molecule has 0 saturated carbocycles. The SMILES string of the molecule is CCC(O)(CC)CNC(=O)NCCc1cccc(O)c1. The van der Waals surface area contributed by atoms with E-state index < -0.39 is 5.60 Å². The average molecular weight is 280 g/mol. The van der Waals surface area contributed by atoms with Gasteiger partial charge >= 0.3 is 6.03 Å². The number of phenolic OH excluding ortho intramolecular Hbond substituents is 1. The molecule has 0 aromatic heterocycles. The maximum Gasteiger partial charge on any atom is 0.314 e. The molecular weight excluding hydrogens is 256 g/mol. The topological polar surface area (TPSA) is 81.6 Å². The molecule has 0 spiro atoms. The van der Waals surface area contributed by atoms with E-state index in [1.165, 1.54) is 0 Å². The van der Waals surface area contributed by atoms with Crippen LogP contribution >= 0.6 is 0 Å². The third kappa shape index (κ3) is 5.48. The van der Waals surface area contributed by atoms with Gasteiger partial charge in [0.25, 0.3) is 0 Å². The van der Waals surface area contributed by atoms with Gasteiger partial charge in [-0.3, -0.25) is 0 Å². The minimum absolute atomic E-state index is 0.225. The van der Waals surface area contributed by atoms with Crippen molar-refractivity contribution in [2.75, 3.05) is 13.1 Å². The van der Waals surface area contributed by atoms with E-state index in [0.29, 0.717) is 25.8 Å². The maximum absolute atomic E-state index is 11.6. The fraction of sp³-hybridized carbons (Fsp3) is 0.533. The first-order chi connectivity index (χ1) is 9.49. The fourth-order valence-electron chi connectivity index (χ4n) is 1.84. The Kier molecular flexibility index (Phi) is 6.31. The van der Waals surface area contributed by atoms with E-state index in [4.69, 9.17) is 0 Å². The summed E-state index contributed by atoms with van der Waals surface area (Å²) in [6, 6.07) is 6.66. The van der Waals surface area contributed by atoms with Crippen molar-refractivity contribution in [3.8, 4) is 5.75 Å². The Morgan fingerprint density at radius 1 is 1.25 bits per heavy atom. The second-order valence-electron chi connectivity index (χ2n) is 4.96. The number of hydrogen-bond donors (Lipinski definition) is 4. The molecule has 1 rings (SSSR count). The monoisotopic (exact) mass is 280 g/mol. The molecule has 2 amide bonds. The summed E-state index contributed by atoms with van der Waals surface area (Å²) in [6.45, 7) is 4.51. The first kappa shape index (κ1) is 16.3. The summed E-state index contributed by atoms with van der Waals surface area (Å²) in [4.78, 5) is 11.6. The zero-order chi connectivity index (χ0) is 15.0. The number of amides is 2. The molecule has 5 heteroatoms. The number of phenols is 1. The van der Waals surface area contributed by atoms with Gasteiger partial charge in [-0.05, 0) is 37.0 Å². The van der Waals surface area contributed by atoms with Gasteiger partial charge in [0.1, 0.15) is 5.75 Å². The normalized spacial score (nSPS) is 11.2. The van der Waals surface area contributed by atoms with Gasteiger partial charge in [-0.15, -0.1) is 0 Å². The lowest BCUT2D eigenvalue weighted by Gasteiger charge is -2.25. The molecule has 1 aromatic rings. The largest absolute Gasteiger partial charge is 0.508 e. The molecular formula is C15H24N2O3. The smallest absolute Gasteiger partial charge is 0.314 e. The molecule has 1 aromatic carbocycles. The highest BCUT2D eigenvalue weighted by Gasteiger charge is 2.22. The van der Waals surface area contributed by atoms with E-state index in [1.54, 1.807) is 18.2 Å². The van der Waals surface area contributed by atoms with E-state index in [9.17, 15) is 15.0 Å². The van der Waals surface area contributed by atoms with Crippen LogP contribution < -0.4 is 10.6 Å². The molecule has 0 heterocycles. The number of rotatable bonds is 7. The van der Waals surface area contributed by atoms with Crippen molar-refractivity contribution in [2.24, 2.45) is 0 Å². The van der Waals surface area contributed by atoms with Crippen LogP contribution in [-0.4, -0.2) is 34.9 Å². The second-order valence-corrected chi connectivity index (χ2v) is 4.96. The van der Waals surface area contributed by atoms with Crippen molar-refractivity contribution in [1.29, 1.82) is 0 Å². The summed E-state index contributed by atoms with van der Waals surface area (Å²) in [7, 11) is 0. The van der Waals surface area contributed by atoms with E-state index in [0.717, 1.165) is 5.56 Å². The molecule has 0 bridgehead atoms. The van der Waals surface area contributed by atoms with Gasteiger partial charge < -0.3 is 20.8 Å². The molecule has 0 aliphatic rings. The molecule has 20 heavy (non-hydrogen) atoms. The number of benzene rings is 1. The lowest BCUT2D eigenvalue weighted by Crippen LogP contribution is -2.46. The van der Waals surface area contributed by atoms with Gasteiger partial charge in [0.2, 0.25) is 0 Å². The molecule has 4 N–H and O–H groups in total. The van der Waals surface area contributed by atoms with Crippen LogP contribution in [-0.2, 0) is 6.42 Å². The Morgan fingerprint density at radius 3 is 2.55 bits per heavy atom. The summed E-state index contributed by atoms with van der Waals surface area (Å²) < 4.78 is 0. The quantitative estimate of drug-likeness (QED) is 0.614. The average Bonchev–Trinajstić information content (AvgIpc) is 2.45. The highest BCUT2D eigenvalue weighted by molar-refractivity contribution is 5.73. The number of aromatic hydroxyl groups is 1. The number of nitrogens with one attached hydrogen (secondary N) is 2. The Hall–Kier alpha value is -1.75. The maximum atomic E-state index is 11.6. The molecule has 5 nitrogen and oxygen atoms in total. The summed E-state index contributed by atoms with van der Waals surface area (Å²) in [5.74, 6) is 0.225. The Bertz CT molecular complexity index is 431. The Morgan fingerprint density at radius 2 is 1.95 bits per heavy atom. The van der Waals surface area contributed by atoms with Crippen LogP contribution in [0.2, 0.25) is 0 Å². The van der Waals surface area contributed by atoms with Gasteiger partial charge in [-0.1, -0.05) is 26.0 Å². The predicted molar refractivity (Wildman–Crippen MR) is 78.7 cm³/mol. The first-order valence-corrected chi connectivity index (χ1v) is 7.01. The number of urea groups is 1. The zero-order valence-corrected chi connectivity index (χ0v) is 12.1. The third-order valence-electron chi connectivity index (χ3n) is 3.50. The Balaban J connectivity index is 2.27. The van der Waals surface area contributed by atoms with Crippen LogP contribution in [0.3, 0.4) is 0 Å². The van der Waals surface area contributed by atoms with Gasteiger partial charge in [-0.2, -0.15) is 0 Å². The molecule has 0 radical (unpaired) electrons. The molecule has 112 valence electrons. The fourth-order valence-corrected chi connectivity index (χ4v) is 1.84. The van der Waals surface area contributed by atoms with Gasteiger partial charge in [0, 0.05) is 13.1 Å². The highest BCUT2D eigenvalue weighted by Crippen LogP contribution is 2.12. The second kappa shape index (κ2) is 7.75. The standard InChI is InChI=1S/C15H24N2O3/c1-3-15(20,4-2)11-17-14(19)16-9-8-12-6-5-7-13(18)10-12/h5-7,10,18,20H,3-4,8-9,11H2,1-2H3,(H2,16,17,19). The minimum Gasteiger partial charge on any atom is -0.508 e. The van der Waals surface area contributed by atoms with Crippen LogP contribution in [0.25, 0.3) is 0 Å². The lowest BCUT2D eigenvalue weighted by atomic mass is 9.98. The Labute approximate surface area is 120 Å². The van der Waals surface area contributed by atoms with Crippen molar-refractivity contribution in [1.82, 2.24) is 10.6 Å². The number of carbonyl (C=O) groups is 1. The van der Waals surface area contributed by atoms with Crippen molar-refractivity contribution < 1.29 is 15.0 Å². The van der Waals surface area contributed by atoms with Gasteiger partial charge in [0.15, 0.2) is 0 Å². The van der Waals surface area contributed by atoms with Gasteiger partial charge in [0.05, 0.1) is 5.60 Å². The molecule has 0 saturated heterocycles. The zero-order valence-electron chi connectivity index (χ0n) is 12.1. The molecule has 0 aliphatic carbocycles. The van der Waals surface area contributed by atoms with E-state index in [-0.39, 0.29) is 18.3 Å². The van der Waals surface area contributed by atoms with Crippen molar-refractivity contribution in [2.45, 2.75) is 38.7 Å². The van der Waals surface area contributed by atoms with E-state index in [2.05, 4.69) is 10.6 Å². The first-order valence-electron chi connectivity index (χ1n) is 7.01. The molecule has 0 aliphatic heterocycles. The van der Waals surface area contributed by atoms with E-state index >= 15 is 0 Å². The van der Waals surface area contributed by atoms with Crippen molar-refractivity contribution in [3.63, 3.8) is 0 Å². The van der Waals surface area contributed by atoms with Gasteiger partial charge in [-0.25, -0.2) is 4.79 Å². The van der Waals surface area contributed by atoms with Crippen LogP contribution in [0, 0.1) is 0 Å². The van der Waals surface area contributed by atoms with Crippen LogP contribution in [0.5, 0.6) is 5.75 Å². The van der Waals surface area contributed by atoms with Crippen LogP contribution in [0.1, 0.15) is 32.3 Å². The third-order valence-corrected chi connectivity index (χ3v) is 3.50. The van der Waals surface area contributed by atoms with E-state index in [1.807, 2.05) is 19.9 Å². The van der Waals surface area contributed by atoms with Crippen molar-refractivity contribution in [3.05, 3.63) is 29.8 Å². The summed E-state index contributed by atoms with van der Waals surface area (Å²) in [5, 5.41) is 24.8. The summed E-state index contributed by atoms with van der Waals surface area (Å²) in [6.07, 6.45) is 1.85. The van der Waals surface area contributed by atoms with Crippen LogP contribution in [0.4, 0.5) is 4.79 Å². The molecule has 0 atom stereocenters. The van der Waals surface area contributed by atoms with Crippen LogP contribution in [0.15, 0.2) is 24.3 Å². The molecule has 0 fully saturated rings. The number of carbonyl (C=O) groups excluding carboxylic acids is 1. The highest BCUT2D eigenvalue weighted by atomic mass is 16.3. The number of aliphatic hydroxyl groups is 1. The number of hydrogen-bond acceptors (Lipinski definition) is 3. The van der Waals surface area contributed by atoms with Crippen molar-refractivity contribution >= 4 is 6.03 Å². The summed E-state index contributed by atoms with van der Waals surface area (Å²) >= 11 is 0. The minimum atomic E-state index is -0.831. The lowest BCUT2D eigenvalue weighted by molar-refractivity contribution is 0.0349. The molecule has 0 unspecified atom stereocenters. The predicted octanol–water partition coefficient (Wildman–Crippen LogP) is 1.78.